The molecule has 0 heterocycles. The Hall–Kier alpha value is 0.0500. The van der Waals surface area contributed by atoms with Crippen molar-refractivity contribution < 1.29 is 14.3 Å². The van der Waals surface area contributed by atoms with Crippen LogP contribution in [0.15, 0.2) is 13.2 Å². The van der Waals surface area contributed by atoms with Crippen molar-refractivity contribution in [3.63, 3.8) is 0 Å². The van der Waals surface area contributed by atoms with Crippen molar-refractivity contribution in [2.45, 2.75) is 26.7 Å². The van der Waals surface area contributed by atoms with E-state index in [0.717, 1.165) is 12.8 Å². The van der Waals surface area contributed by atoms with Crippen LogP contribution in [0.25, 0.3) is 0 Å². The second-order valence-corrected chi connectivity index (χ2v) is 3.30. The standard InChI is InChI=1S/C6H13O3P.C2H4/c1-6(2)4-3-5-9-10(7)8;1-2/h6H,3-5H2,1-2H3;1-2H2/q-2;. The molecule has 0 aliphatic carbocycles. The minimum absolute atomic E-state index is 0.330. The molecule has 0 atom stereocenters. The van der Waals surface area contributed by atoms with Gasteiger partial charge >= 0.3 is 0 Å². The lowest BCUT2D eigenvalue weighted by molar-refractivity contribution is -0.318. The molecule has 0 rings (SSSR count). The highest BCUT2D eigenvalue weighted by Gasteiger charge is 1.91. The molecule has 0 saturated heterocycles. The van der Waals surface area contributed by atoms with Crippen LogP contribution in [0.4, 0.5) is 0 Å². The van der Waals surface area contributed by atoms with Gasteiger partial charge in [0.05, 0.1) is 0 Å². The average Bonchev–Trinajstić information content (AvgIpc) is 2.02. The van der Waals surface area contributed by atoms with E-state index < -0.39 is 8.60 Å². The zero-order valence-corrected chi connectivity index (χ0v) is 8.68. The van der Waals surface area contributed by atoms with Crippen molar-refractivity contribution in [2.75, 3.05) is 6.61 Å². The Kier molecular flexibility index (Phi) is 13.4. The molecular formula is C8H17O3P-2. The lowest BCUT2D eigenvalue weighted by Gasteiger charge is -2.29. The highest BCUT2D eigenvalue weighted by Crippen LogP contribution is 2.14. The van der Waals surface area contributed by atoms with Crippen LogP contribution in [0.3, 0.4) is 0 Å². The Labute approximate surface area is 76.1 Å². The van der Waals surface area contributed by atoms with Gasteiger partial charge in [-0.15, -0.1) is 13.2 Å². The third-order valence-corrected chi connectivity index (χ3v) is 1.52. The molecule has 0 aliphatic heterocycles. The Morgan fingerprint density at radius 3 is 2.17 bits per heavy atom. The van der Waals surface area contributed by atoms with Gasteiger partial charge in [-0.25, -0.2) is 0 Å². The first-order valence-corrected chi connectivity index (χ1v) is 4.99. The fraction of sp³-hybridized carbons (Fsp3) is 0.750. The van der Waals surface area contributed by atoms with Gasteiger partial charge in [0.15, 0.2) is 0 Å². The second kappa shape index (κ2) is 11.1. The van der Waals surface area contributed by atoms with E-state index in [0.29, 0.717) is 12.5 Å². The SMILES string of the molecule is C=C.CC(C)CCCOP([O-])[O-]. The van der Waals surface area contributed by atoms with E-state index in [1.54, 1.807) is 0 Å². The first-order chi connectivity index (χ1) is 5.63. The smallest absolute Gasteiger partial charge is 0.0476 e. The Balaban J connectivity index is 0. The molecule has 0 aromatic heterocycles. The molecule has 4 heteroatoms. The van der Waals surface area contributed by atoms with Crippen molar-refractivity contribution in [3.05, 3.63) is 13.2 Å². The van der Waals surface area contributed by atoms with Gasteiger partial charge in [-0.1, -0.05) is 13.8 Å². The maximum absolute atomic E-state index is 9.86. The molecule has 0 spiro atoms. The molecule has 0 aliphatic rings. The van der Waals surface area contributed by atoms with Gasteiger partial charge in [-0.2, -0.15) is 8.60 Å². The second-order valence-electron chi connectivity index (χ2n) is 2.59. The highest BCUT2D eigenvalue weighted by atomic mass is 31.2. The van der Waals surface area contributed by atoms with Crippen LogP contribution < -0.4 is 9.79 Å². The normalized spacial score (nSPS) is 9.83. The summed E-state index contributed by atoms with van der Waals surface area (Å²) in [5.41, 5.74) is 0. The first kappa shape index (κ1) is 14.6. The third-order valence-electron chi connectivity index (χ3n) is 1.12. The van der Waals surface area contributed by atoms with Crippen molar-refractivity contribution in [2.24, 2.45) is 5.92 Å². The monoisotopic (exact) mass is 192 g/mol. The molecule has 0 N–H and O–H groups in total. The Bertz CT molecular complexity index is 76.4. The van der Waals surface area contributed by atoms with Crippen LogP contribution >= 0.6 is 8.60 Å². The maximum atomic E-state index is 9.86. The molecular weight excluding hydrogens is 175 g/mol. The summed E-state index contributed by atoms with van der Waals surface area (Å²) >= 11 is 0. The molecule has 0 unspecified atom stereocenters. The molecule has 0 amide bonds. The van der Waals surface area contributed by atoms with Crippen LogP contribution in [0, 0.1) is 5.92 Å². The van der Waals surface area contributed by atoms with E-state index >= 15 is 0 Å². The summed E-state index contributed by atoms with van der Waals surface area (Å²) in [5, 5.41) is 0. The van der Waals surface area contributed by atoms with E-state index in [9.17, 15) is 9.79 Å². The van der Waals surface area contributed by atoms with Crippen molar-refractivity contribution >= 4 is 8.60 Å². The topological polar surface area (TPSA) is 55.3 Å². The molecule has 74 valence electrons. The van der Waals surface area contributed by atoms with Crippen molar-refractivity contribution in [3.8, 4) is 0 Å². The first-order valence-electron chi connectivity index (χ1n) is 3.90. The van der Waals surface area contributed by atoms with E-state index in [1.807, 2.05) is 0 Å². The minimum atomic E-state index is -2.63. The van der Waals surface area contributed by atoms with Gasteiger partial charge < -0.3 is 14.3 Å². The fourth-order valence-corrected chi connectivity index (χ4v) is 0.909. The number of hydrogen-bond donors (Lipinski definition) is 0. The zero-order valence-electron chi connectivity index (χ0n) is 7.78. The Morgan fingerprint density at radius 1 is 1.33 bits per heavy atom. The Morgan fingerprint density at radius 2 is 1.83 bits per heavy atom. The van der Waals surface area contributed by atoms with E-state index in [4.69, 9.17) is 0 Å². The molecule has 3 nitrogen and oxygen atoms in total. The van der Waals surface area contributed by atoms with Gasteiger partial charge in [-0.3, -0.25) is 0 Å². The minimum Gasteiger partial charge on any atom is -0.820 e. The quantitative estimate of drug-likeness (QED) is 0.373. The van der Waals surface area contributed by atoms with Crippen LogP contribution in [0.5, 0.6) is 0 Å². The summed E-state index contributed by atoms with van der Waals surface area (Å²) in [5.74, 6) is 0.619. The lowest BCUT2D eigenvalue weighted by atomic mass is 10.1. The zero-order chi connectivity index (χ0) is 9.98. The molecule has 12 heavy (non-hydrogen) atoms. The number of rotatable bonds is 5. The van der Waals surface area contributed by atoms with Crippen molar-refractivity contribution in [1.29, 1.82) is 0 Å². The van der Waals surface area contributed by atoms with Gasteiger partial charge in [0.25, 0.3) is 0 Å². The highest BCUT2D eigenvalue weighted by molar-refractivity contribution is 7.36. The van der Waals surface area contributed by atoms with Gasteiger partial charge in [0, 0.05) is 6.61 Å². The fourth-order valence-electron chi connectivity index (χ4n) is 0.631. The number of hydrogen-bond acceptors (Lipinski definition) is 3. The molecule has 0 bridgehead atoms. The van der Waals surface area contributed by atoms with E-state index in [-0.39, 0.29) is 0 Å². The van der Waals surface area contributed by atoms with Gasteiger partial charge in [-0.05, 0) is 18.8 Å². The predicted molar refractivity (Wildman–Crippen MR) is 48.2 cm³/mol. The molecule has 0 radical (unpaired) electrons. The summed E-state index contributed by atoms with van der Waals surface area (Å²) in [6.45, 7) is 10.5. The predicted octanol–water partition coefficient (Wildman–Crippen LogP) is 1.19. The lowest BCUT2D eigenvalue weighted by Crippen LogP contribution is -2.11. The molecule has 0 fully saturated rings. The van der Waals surface area contributed by atoms with Crippen LogP contribution in [-0.2, 0) is 4.52 Å². The average molecular weight is 192 g/mol. The summed E-state index contributed by atoms with van der Waals surface area (Å²) < 4.78 is 4.35. The van der Waals surface area contributed by atoms with Crippen molar-refractivity contribution in [1.82, 2.24) is 0 Å². The van der Waals surface area contributed by atoms with Crippen LogP contribution in [0.2, 0.25) is 0 Å². The molecule has 0 aromatic carbocycles. The van der Waals surface area contributed by atoms with Crippen LogP contribution in [0.1, 0.15) is 26.7 Å². The molecule has 0 aromatic rings. The molecule has 0 saturated carbocycles. The van der Waals surface area contributed by atoms with Crippen LogP contribution in [-0.4, -0.2) is 6.61 Å². The summed E-state index contributed by atoms with van der Waals surface area (Å²) in [4.78, 5) is 19.7. The van der Waals surface area contributed by atoms with Gasteiger partial charge in [0.1, 0.15) is 0 Å². The maximum Gasteiger partial charge on any atom is 0.0476 e. The third kappa shape index (κ3) is 16.6. The van der Waals surface area contributed by atoms with E-state index in [2.05, 4.69) is 31.5 Å². The van der Waals surface area contributed by atoms with Gasteiger partial charge in [0.2, 0.25) is 0 Å². The summed E-state index contributed by atoms with van der Waals surface area (Å²) in [7, 11) is -2.63. The summed E-state index contributed by atoms with van der Waals surface area (Å²) in [6, 6.07) is 0. The van der Waals surface area contributed by atoms with E-state index in [1.165, 1.54) is 0 Å². The largest absolute Gasteiger partial charge is 0.820 e. The summed E-state index contributed by atoms with van der Waals surface area (Å²) in [6.07, 6.45) is 1.84.